The van der Waals surface area contributed by atoms with E-state index in [1.165, 1.54) is 43.4 Å². The second-order valence-electron chi connectivity index (χ2n) is 7.17. The standard InChI is InChI=1S/C18H28N2/c1-12(2)14-5-6-15(11-19)17(10-14)16-8-7-13-4-3-9-20-18(13)16/h3-4,9,12,14-17H,5-8,10-11,19H2,1-2H3. The Balaban J connectivity index is 1.83. The number of hydrogen-bond donors (Lipinski definition) is 1. The van der Waals surface area contributed by atoms with Gasteiger partial charge in [0.05, 0.1) is 0 Å². The van der Waals surface area contributed by atoms with Crippen LogP contribution in [0.2, 0.25) is 0 Å². The summed E-state index contributed by atoms with van der Waals surface area (Å²) in [5.74, 6) is 3.83. The lowest BCUT2D eigenvalue weighted by molar-refractivity contribution is 0.128. The zero-order valence-electron chi connectivity index (χ0n) is 12.9. The van der Waals surface area contributed by atoms with Gasteiger partial charge in [-0.2, -0.15) is 0 Å². The zero-order chi connectivity index (χ0) is 14.1. The van der Waals surface area contributed by atoms with Crippen LogP contribution in [0.3, 0.4) is 0 Å². The first-order chi connectivity index (χ1) is 9.70. The summed E-state index contributed by atoms with van der Waals surface area (Å²) in [6.45, 7) is 5.62. The number of nitrogens with zero attached hydrogens (tertiary/aromatic N) is 1. The van der Waals surface area contributed by atoms with E-state index in [-0.39, 0.29) is 0 Å². The first-order valence-electron chi connectivity index (χ1n) is 8.34. The van der Waals surface area contributed by atoms with Gasteiger partial charge in [0.2, 0.25) is 0 Å². The van der Waals surface area contributed by atoms with Crippen LogP contribution in [0, 0.1) is 23.7 Å². The van der Waals surface area contributed by atoms with Gasteiger partial charge in [-0.25, -0.2) is 0 Å². The van der Waals surface area contributed by atoms with Crippen LogP contribution in [-0.4, -0.2) is 11.5 Å². The molecule has 2 N–H and O–H groups in total. The van der Waals surface area contributed by atoms with Crippen molar-refractivity contribution in [2.24, 2.45) is 29.4 Å². The number of aryl methyl sites for hydroxylation is 1. The highest BCUT2D eigenvalue weighted by molar-refractivity contribution is 5.29. The van der Waals surface area contributed by atoms with Crippen LogP contribution in [0.5, 0.6) is 0 Å². The van der Waals surface area contributed by atoms with E-state index < -0.39 is 0 Å². The highest BCUT2D eigenvalue weighted by atomic mass is 14.7. The van der Waals surface area contributed by atoms with Gasteiger partial charge in [0.25, 0.3) is 0 Å². The lowest BCUT2D eigenvalue weighted by Gasteiger charge is -2.40. The molecule has 0 radical (unpaired) electrons. The molecule has 0 spiro atoms. The molecule has 110 valence electrons. The van der Waals surface area contributed by atoms with Gasteiger partial charge in [-0.1, -0.05) is 19.9 Å². The Hall–Kier alpha value is -0.890. The van der Waals surface area contributed by atoms with Crippen molar-refractivity contribution >= 4 is 0 Å². The van der Waals surface area contributed by atoms with Crippen molar-refractivity contribution < 1.29 is 0 Å². The average molecular weight is 272 g/mol. The van der Waals surface area contributed by atoms with E-state index in [0.717, 1.165) is 24.3 Å². The summed E-state index contributed by atoms with van der Waals surface area (Å²) in [6, 6.07) is 4.35. The van der Waals surface area contributed by atoms with Crippen LogP contribution < -0.4 is 5.73 Å². The maximum Gasteiger partial charge on any atom is 0.0469 e. The predicted octanol–water partition coefficient (Wildman–Crippen LogP) is 3.76. The van der Waals surface area contributed by atoms with E-state index in [4.69, 9.17) is 10.7 Å². The molecule has 0 amide bonds. The molecule has 0 aliphatic heterocycles. The molecule has 4 atom stereocenters. The van der Waals surface area contributed by atoms with E-state index >= 15 is 0 Å². The number of hydrogen-bond acceptors (Lipinski definition) is 2. The van der Waals surface area contributed by atoms with Crippen molar-refractivity contribution in [3.63, 3.8) is 0 Å². The molecule has 4 unspecified atom stereocenters. The second kappa shape index (κ2) is 5.85. The van der Waals surface area contributed by atoms with Crippen molar-refractivity contribution in [1.29, 1.82) is 0 Å². The van der Waals surface area contributed by atoms with Gasteiger partial charge in [-0.3, -0.25) is 4.98 Å². The van der Waals surface area contributed by atoms with Crippen molar-refractivity contribution in [3.05, 3.63) is 29.6 Å². The quantitative estimate of drug-likeness (QED) is 0.910. The van der Waals surface area contributed by atoms with Gasteiger partial charge in [0, 0.05) is 17.8 Å². The predicted molar refractivity (Wildman–Crippen MR) is 83.5 cm³/mol. The van der Waals surface area contributed by atoms with E-state index in [0.29, 0.717) is 11.8 Å². The summed E-state index contributed by atoms with van der Waals surface area (Å²) in [7, 11) is 0. The number of fused-ring (bicyclic) bond motifs is 1. The largest absolute Gasteiger partial charge is 0.330 e. The summed E-state index contributed by atoms with van der Waals surface area (Å²) in [5.41, 5.74) is 8.96. The van der Waals surface area contributed by atoms with Crippen LogP contribution in [0.1, 0.15) is 56.7 Å². The maximum absolute atomic E-state index is 6.08. The Bertz CT molecular complexity index is 454. The summed E-state index contributed by atoms with van der Waals surface area (Å²) in [4.78, 5) is 4.71. The van der Waals surface area contributed by atoms with E-state index in [1.54, 1.807) is 0 Å². The molecule has 0 saturated heterocycles. The molecule has 0 aromatic carbocycles. The number of aromatic nitrogens is 1. The molecule has 1 saturated carbocycles. The first kappa shape index (κ1) is 14.1. The van der Waals surface area contributed by atoms with Gasteiger partial charge in [0.15, 0.2) is 0 Å². The SMILES string of the molecule is CC(C)C1CCC(CN)C(C2CCc3cccnc32)C1. The third-order valence-electron chi connectivity index (χ3n) is 5.85. The van der Waals surface area contributed by atoms with Gasteiger partial charge >= 0.3 is 0 Å². The third-order valence-corrected chi connectivity index (χ3v) is 5.85. The molecule has 0 bridgehead atoms. The molecule has 1 aromatic rings. The number of nitrogens with two attached hydrogens (primary N) is 1. The monoisotopic (exact) mass is 272 g/mol. The van der Waals surface area contributed by atoms with Crippen LogP contribution in [0.4, 0.5) is 0 Å². The molecule has 2 aliphatic carbocycles. The second-order valence-corrected chi connectivity index (χ2v) is 7.17. The maximum atomic E-state index is 6.08. The van der Waals surface area contributed by atoms with Crippen LogP contribution in [0.15, 0.2) is 18.3 Å². The van der Waals surface area contributed by atoms with Crippen LogP contribution >= 0.6 is 0 Å². The normalized spacial score (nSPS) is 33.4. The lowest BCUT2D eigenvalue weighted by atomic mass is 9.65. The number of rotatable bonds is 3. The van der Waals surface area contributed by atoms with E-state index in [9.17, 15) is 0 Å². The van der Waals surface area contributed by atoms with Gasteiger partial charge in [-0.15, -0.1) is 0 Å². The Labute approximate surface area is 123 Å². The first-order valence-corrected chi connectivity index (χ1v) is 8.34. The highest BCUT2D eigenvalue weighted by Gasteiger charge is 2.39. The molecule has 1 heterocycles. The molecule has 2 heteroatoms. The molecular weight excluding hydrogens is 244 g/mol. The summed E-state index contributed by atoms with van der Waals surface area (Å²) in [5, 5.41) is 0. The molecule has 3 rings (SSSR count). The Morgan fingerprint density at radius 2 is 2.15 bits per heavy atom. The lowest BCUT2D eigenvalue weighted by Crippen LogP contribution is -2.35. The van der Waals surface area contributed by atoms with Crippen molar-refractivity contribution in [1.82, 2.24) is 4.98 Å². The topological polar surface area (TPSA) is 38.9 Å². The summed E-state index contributed by atoms with van der Waals surface area (Å²) >= 11 is 0. The summed E-state index contributed by atoms with van der Waals surface area (Å²) in [6.07, 6.45) is 8.53. The molecule has 2 nitrogen and oxygen atoms in total. The average Bonchev–Trinajstić information content (AvgIpc) is 2.90. The fourth-order valence-electron chi connectivity index (χ4n) is 4.55. The van der Waals surface area contributed by atoms with Crippen molar-refractivity contribution in [2.45, 2.75) is 51.9 Å². The third kappa shape index (κ3) is 2.50. The fourth-order valence-corrected chi connectivity index (χ4v) is 4.55. The van der Waals surface area contributed by atoms with E-state index in [1.807, 2.05) is 6.20 Å². The Morgan fingerprint density at radius 1 is 1.30 bits per heavy atom. The minimum atomic E-state index is 0.668. The minimum absolute atomic E-state index is 0.668. The van der Waals surface area contributed by atoms with Gasteiger partial charge < -0.3 is 5.73 Å². The molecule has 20 heavy (non-hydrogen) atoms. The molecular formula is C18H28N2. The van der Waals surface area contributed by atoms with Crippen LogP contribution in [-0.2, 0) is 6.42 Å². The summed E-state index contributed by atoms with van der Waals surface area (Å²) < 4.78 is 0. The van der Waals surface area contributed by atoms with Gasteiger partial charge in [0.1, 0.15) is 0 Å². The fraction of sp³-hybridized carbons (Fsp3) is 0.722. The smallest absolute Gasteiger partial charge is 0.0469 e. The van der Waals surface area contributed by atoms with Gasteiger partial charge in [-0.05, 0) is 74.0 Å². The Morgan fingerprint density at radius 3 is 2.90 bits per heavy atom. The zero-order valence-corrected chi connectivity index (χ0v) is 12.9. The van der Waals surface area contributed by atoms with Crippen molar-refractivity contribution in [3.8, 4) is 0 Å². The number of pyridine rings is 1. The minimum Gasteiger partial charge on any atom is -0.330 e. The van der Waals surface area contributed by atoms with Crippen molar-refractivity contribution in [2.75, 3.05) is 6.54 Å². The molecule has 1 aromatic heterocycles. The van der Waals surface area contributed by atoms with E-state index in [2.05, 4.69) is 26.0 Å². The molecule has 2 aliphatic rings. The highest BCUT2D eigenvalue weighted by Crippen LogP contribution is 2.48. The molecule has 1 fully saturated rings. The van der Waals surface area contributed by atoms with Crippen LogP contribution in [0.25, 0.3) is 0 Å². The Kier molecular flexibility index (Phi) is 4.11.